The molecule has 2 aromatic carbocycles. The number of aromatic nitrogens is 2. The van der Waals surface area contributed by atoms with Crippen LogP contribution < -0.4 is 4.74 Å². The molecule has 0 atom stereocenters. The van der Waals surface area contributed by atoms with Crippen molar-refractivity contribution < 1.29 is 14.3 Å². The molecule has 0 spiro atoms. The van der Waals surface area contributed by atoms with E-state index in [2.05, 4.69) is 26.1 Å². The molecule has 0 aliphatic carbocycles. The van der Waals surface area contributed by atoms with E-state index >= 15 is 0 Å². The van der Waals surface area contributed by atoms with Crippen LogP contribution in [0.4, 0.5) is 0 Å². The Morgan fingerprint density at radius 3 is 2.66 bits per heavy atom. The third-order valence-electron chi connectivity index (χ3n) is 4.77. The lowest BCUT2D eigenvalue weighted by molar-refractivity contribution is 0.0500. The lowest BCUT2D eigenvalue weighted by Crippen LogP contribution is -2.31. The first-order valence-corrected chi connectivity index (χ1v) is 10.5. The Hall–Kier alpha value is -2.02. The summed E-state index contributed by atoms with van der Waals surface area (Å²) in [5.74, 6) is 0.169. The van der Waals surface area contributed by atoms with Gasteiger partial charge in [-0.15, -0.1) is 0 Å². The zero-order valence-electron chi connectivity index (χ0n) is 15.9. The molecule has 0 bridgehead atoms. The molecule has 4 rings (SSSR count). The van der Waals surface area contributed by atoms with E-state index in [4.69, 9.17) is 32.7 Å². The molecule has 1 N–H and O–H groups in total. The molecule has 3 aromatic rings. The average molecular weight is 496 g/mol. The van der Waals surface area contributed by atoms with Crippen LogP contribution in [0.25, 0.3) is 22.4 Å². The second kappa shape index (κ2) is 7.35. The number of fused-ring (bicyclic) bond motifs is 3. The number of H-pyrrole nitrogens is 1. The van der Waals surface area contributed by atoms with Crippen LogP contribution >= 0.6 is 39.1 Å². The van der Waals surface area contributed by atoms with Crippen molar-refractivity contribution in [2.75, 3.05) is 6.61 Å². The van der Waals surface area contributed by atoms with Gasteiger partial charge >= 0.3 is 5.97 Å². The van der Waals surface area contributed by atoms with Crippen LogP contribution in [0, 0.1) is 0 Å². The maximum Gasteiger partial charge on any atom is 0.356 e. The van der Waals surface area contributed by atoms with Gasteiger partial charge in [0.25, 0.3) is 0 Å². The first-order chi connectivity index (χ1) is 13.7. The van der Waals surface area contributed by atoms with Crippen LogP contribution in [0.5, 0.6) is 5.75 Å². The van der Waals surface area contributed by atoms with E-state index in [0.717, 1.165) is 21.2 Å². The van der Waals surface area contributed by atoms with Crippen LogP contribution in [0.1, 0.15) is 36.8 Å². The van der Waals surface area contributed by atoms with Gasteiger partial charge in [-0.1, -0.05) is 45.2 Å². The number of hydrogen-bond acceptors (Lipinski definition) is 4. The number of esters is 1. The zero-order valence-corrected chi connectivity index (χ0v) is 19.0. The molecule has 0 saturated carbocycles. The highest BCUT2D eigenvalue weighted by Crippen LogP contribution is 2.52. The van der Waals surface area contributed by atoms with E-state index in [9.17, 15) is 4.79 Å². The average Bonchev–Trinajstić information content (AvgIpc) is 3.09. The number of carbonyl (C=O) groups excluding carboxylic acids is 1. The van der Waals surface area contributed by atoms with Gasteiger partial charge in [0, 0.05) is 26.2 Å². The van der Waals surface area contributed by atoms with Crippen molar-refractivity contribution in [2.24, 2.45) is 0 Å². The Balaban J connectivity index is 1.97. The Kier molecular flexibility index (Phi) is 5.13. The van der Waals surface area contributed by atoms with E-state index in [1.54, 1.807) is 19.1 Å². The summed E-state index contributed by atoms with van der Waals surface area (Å²) in [6, 6.07) is 9.13. The van der Waals surface area contributed by atoms with Gasteiger partial charge in [-0.05, 0) is 45.0 Å². The van der Waals surface area contributed by atoms with Gasteiger partial charge in [0.15, 0.2) is 5.69 Å². The van der Waals surface area contributed by atoms with Crippen LogP contribution in [-0.4, -0.2) is 22.8 Å². The molecular formula is C21H17BrCl2N2O3. The summed E-state index contributed by atoms with van der Waals surface area (Å²) in [5.41, 5.74) is 3.12. The van der Waals surface area contributed by atoms with E-state index < -0.39 is 11.6 Å². The molecule has 0 saturated heterocycles. The quantitative estimate of drug-likeness (QED) is 0.415. The number of nitrogens with zero attached hydrogens (tertiary/aromatic N) is 1. The van der Waals surface area contributed by atoms with E-state index in [-0.39, 0.29) is 6.61 Å². The summed E-state index contributed by atoms with van der Waals surface area (Å²) in [7, 11) is 0. The molecule has 150 valence electrons. The SMILES string of the molecule is CCOC(=O)c1[nH]nc2c1C(C)(C)Oc1c-2ccc(Br)c1-c1ccc(Cl)cc1Cl. The molecule has 0 fully saturated rings. The number of rotatable bonds is 3. The Morgan fingerprint density at radius 1 is 1.24 bits per heavy atom. The monoisotopic (exact) mass is 494 g/mol. The van der Waals surface area contributed by atoms with Crippen LogP contribution in [0.15, 0.2) is 34.8 Å². The molecule has 2 heterocycles. The van der Waals surface area contributed by atoms with E-state index in [1.165, 1.54) is 0 Å². The van der Waals surface area contributed by atoms with Crippen LogP contribution in [0.2, 0.25) is 10.0 Å². The Bertz CT molecular complexity index is 1140. The maximum absolute atomic E-state index is 12.4. The minimum Gasteiger partial charge on any atom is -0.482 e. The molecule has 0 amide bonds. The Morgan fingerprint density at radius 2 is 1.97 bits per heavy atom. The number of hydrogen-bond donors (Lipinski definition) is 1. The second-order valence-corrected chi connectivity index (χ2v) is 8.78. The van der Waals surface area contributed by atoms with Gasteiger partial charge in [0.05, 0.1) is 17.2 Å². The largest absolute Gasteiger partial charge is 0.482 e. The third kappa shape index (κ3) is 3.33. The topological polar surface area (TPSA) is 64.2 Å². The molecule has 0 unspecified atom stereocenters. The highest BCUT2D eigenvalue weighted by molar-refractivity contribution is 9.10. The fourth-order valence-corrected chi connectivity index (χ4v) is 4.60. The van der Waals surface area contributed by atoms with Crippen molar-refractivity contribution >= 4 is 45.1 Å². The molecule has 5 nitrogen and oxygen atoms in total. The standard InChI is InChI=1S/C21H17BrCl2N2O3/c1-4-28-20(27)18-16-17(25-26-18)12-7-8-13(22)15(19(12)29-21(16,2)3)11-6-5-10(23)9-14(11)24/h5-9H,4H2,1-3H3,(H,25,26). The van der Waals surface area contributed by atoms with Crippen molar-refractivity contribution in [1.82, 2.24) is 10.2 Å². The van der Waals surface area contributed by atoms with Gasteiger partial charge in [-0.25, -0.2) is 4.79 Å². The highest BCUT2D eigenvalue weighted by atomic mass is 79.9. The van der Waals surface area contributed by atoms with Crippen molar-refractivity contribution in [3.63, 3.8) is 0 Å². The second-order valence-electron chi connectivity index (χ2n) is 7.08. The summed E-state index contributed by atoms with van der Waals surface area (Å²) in [5, 5.41) is 8.31. The minimum atomic E-state index is -0.828. The number of ether oxygens (including phenoxy) is 2. The lowest BCUT2D eigenvalue weighted by Gasteiger charge is -2.34. The fourth-order valence-electron chi connectivity index (χ4n) is 3.57. The predicted octanol–water partition coefficient (Wildman–Crippen LogP) is 6.62. The number of aromatic amines is 1. The summed E-state index contributed by atoms with van der Waals surface area (Å²) in [6.07, 6.45) is 0. The van der Waals surface area contributed by atoms with Gasteiger partial charge in [0.1, 0.15) is 17.0 Å². The first kappa shape index (κ1) is 20.3. The Labute approximate surface area is 186 Å². The first-order valence-electron chi connectivity index (χ1n) is 8.98. The van der Waals surface area contributed by atoms with Gasteiger partial charge < -0.3 is 9.47 Å². The molecule has 29 heavy (non-hydrogen) atoms. The molecule has 1 aromatic heterocycles. The van der Waals surface area contributed by atoms with Gasteiger partial charge in [-0.2, -0.15) is 5.10 Å². The number of benzene rings is 2. The van der Waals surface area contributed by atoms with Crippen LogP contribution in [0.3, 0.4) is 0 Å². The van der Waals surface area contributed by atoms with Crippen molar-refractivity contribution in [3.8, 4) is 28.1 Å². The number of carbonyl (C=O) groups is 1. The third-order valence-corrected chi connectivity index (χ3v) is 5.98. The molecular weight excluding hydrogens is 479 g/mol. The van der Waals surface area contributed by atoms with Crippen LogP contribution in [-0.2, 0) is 10.3 Å². The summed E-state index contributed by atoms with van der Waals surface area (Å²) in [4.78, 5) is 12.4. The number of nitrogens with one attached hydrogen (secondary N) is 1. The maximum atomic E-state index is 12.4. The predicted molar refractivity (Wildman–Crippen MR) is 117 cm³/mol. The number of halogens is 3. The summed E-state index contributed by atoms with van der Waals surface area (Å²) >= 11 is 16.2. The highest BCUT2D eigenvalue weighted by Gasteiger charge is 2.41. The summed E-state index contributed by atoms with van der Waals surface area (Å²) < 4.78 is 12.4. The van der Waals surface area contributed by atoms with Crippen molar-refractivity contribution in [2.45, 2.75) is 26.4 Å². The molecule has 0 radical (unpaired) electrons. The normalized spacial score (nSPS) is 14.0. The lowest BCUT2D eigenvalue weighted by atomic mass is 9.87. The van der Waals surface area contributed by atoms with E-state index in [1.807, 2.05) is 32.0 Å². The van der Waals surface area contributed by atoms with Crippen molar-refractivity contribution in [3.05, 3.63) is 56.1 Å². The smallest absolute Gasteiger partial charge is 0.356 e. The summed E-state index contributed by atoms with van der Waals surface area (Å²) in [6.45, 7) is 5.82. The molecule has 8 heteroatoms. The molecule has 1 aliphatic heterocycles. The van der Waals surface area contributed by atoms with E-state index in [0.29, 0.717) is 32.7 Å². The molecule has 1 aliphatic rings. The van der Waals surface area contributed by atoms with Gasteiger partial charge in [0.2, 0.25) is 0 Å². The van der Waals surface area contributed by atoms with Gasteiger partial charge in [-0.3, -0.25) is 5.10 Å². The fraction of sp³-hybridized carbons (Fsp3) is 0.238. The minimum absolute atomic E-state index is 0.274. The van der Waals surface area contributed by atoms with Crippen molar-refractivity contribution in [1.29, 1.82) is 0 Å². The zero-order chi connectivity index (χ0) is 20.9.